The Morgan fingerprint density at radius 1 is 1.47 bits per heavy atom. The van der Waals surface area contributed by atoms with Gasteiger partial charge in [0.1, 0.15) is 5.76 Å². The number of carbonyl (C=O) groups excluding carboxylic acids is 1. The first-order valence-corrected chi connectivity index (χ1v) is 5.75. The summed E-state index contributed by atoms with van der Waals surface area (Å²) in [7, 11) is 1.34. The Balaban J connectivity index is 2.53. The summed E-state index contributed by atoms with van der Waals surface area (Å²) in [5.74, 6) is 0.536. The van der Waals surface area contributed by atoms with Gasteiger partial charge in [0.2, 0.25) is 5.76 Å². The van der Waals surface area contributed by atoms with Crippen LogP contribution in [0.2, 0.25) is 0 Å². The topological polar surface area (TPSA) is 51.5 Å². The van der Waals surface area contributed by atoms with Gasteiger partial charge in [-0.05, 0) is 24.5 Å². The molecule has 0 spiro atoms. The molecule has 0 aliphatic rings. The summed E-state index contributed by atoms with van der Waals surface area (Å²) in [5.41, 5.74) is 0.192. The SMILES string of the molecule is COC(=O)c1ccc(CNC(C)C(C)(C)C)o1. The third kappa shape index (κ3) is 3.89. The van der Waals surface area contributed by atoms with E-state index in [9.17, 15) is 4.79 Å². The molecule has 0 fully saturated rings. The van der Waals surface area contributed by atoms with Gasteiger partial charge in [-0.3, -0.25) is 0 Å². The number of furan rings is 1. The Labute approximate surface area is 102 Å². The van der Waals surface area contributed by atoms with E-state index in [1.807, 2.05) is 0 Å². The number of carbonyl (C=O) groups is 1. The van der Waals surface area contributed by atoms with Gasteiger partial charge in [0.05, 0.1) is 13.7 Å². The lowest BCUT2D eigenvalue weighted by atomic mass is 9.88. The number of esters is 1. The van der Waals surface area contributed by atoms with Crippen LogP contribution < -0.4 is 5.32 Å². The van der Waals surface area contributed by atoms with E-state index in [1.54, 1.807) is 12.1 Å². The quantitative estimate of drug-likeness (QED) is 0.820. The van der Waals surface area contributed by atoms with Crippen LogP contribution in [0.3, 0.4) is 0 Å². The van der Waals surface area contributed by atoms with Crippen LogP contribution >= 0.6 is 0 Å². The summed E-state index contributed by atoms with van der Waals surface area (Å²) in [6.45, 7) is 9.26. The molecule has 1 aromatic rings. The molecule has 1 aromatic heterocycles. The highest BCUT2D eigenvalue weighted by Gasteiger charge is 2.19. The number of ether oxygens (including phenoxy) is 1. The molecule has 1 rings (SSSR count). The van der Waals surface area contributed by atoms with Gasteiger partial charge in [0.15, 0.2) is 0 Å². The number of hydrogen-bond acceptors (Lipinski definition) is 4. The van der Waals surface area contributed by atoms with Crippen molar-refractivity contribution in [2.45, 2.75) is 40.3 Å². The van der Waals surface area contributed by atoms with Crippen molar-refractivity contribution < 1.29 is 13.9 Å². The van der Waals surface area contributed by atoms with Crippen LogP contribution in [0.15, 0.2) is 16.5 Å². The van der Waals surface area contributed by atoms with Crippen LogP contribution in [0.25, 0.3) is 0 Å². The minimum atomic E-state index is -0.444. The Hall–Kier alpha value is -1.29. The molecule has 17 heavy (non-hydrogen) atoms. The molecule has 0 aliphatic heterocycles. The smallest absolute Gasteiger partial charge is 0.373 e. The molecule has 0 radical (unpaired) electrons. The summed E-state index contributed by atoms with van der Waals surface area (Å²) in [6.07, 6.45) is 0. The Morgan fingerprint density at radius 2 is 2.12 bits per heavy atom. The van der Waals surface area contributed by atoms with Crippen LogP contribution in [-0.4, -0.2) is 19.1 Å². The largest absolute Gasteiger partial charge is 0.463 e. The first-order chi connectivity index (χ1) is 7.84. The van der Waals surface area contributed by atoms with E-state index in [0.717, 1.165) is 5.76 Å². The molecule has 1 unspecified atom stereocenters. The predicted molar refractivity (Wildman–Crippen MR) is 65.8 cm³/mol. The van der Waals surface area contributed by atoms with Gasteiger partial charge in [-0.2, -0.15) is 0 Å². The molecule has 4 heteroatoms. The molecular weight excluding hydrogens is 218 g/mol. The van der Waals surface area contributed by atoms with Crippen molar-refractivity contribution in [3.05, 3.63) is 23.7 Å². The lowest BCUT2D eigenvalue weighted by Gasteiger charge is -2.27. The van der Waals surface area contributed by atoms with Gasteiger partial charge in [-0.15, -0.1) is 0 Å². The Kier molecular flexibility index (Phi) is 4.34. The van der Waals surface area contributed by atoms with Crippen molar-refractivity contribution in [1.82, 2.24) is 5.32 Å². The molecule has 1 N–H and O–H groups in total. The van der Waals surface area contributed by atoms with Crippen molar-refractivity contribution >= 4 is 5.97 Å². The normalized spacial score (nSPS) is 13.5. The van der Waals surface area contributed by atoms with Crippen molar-refractivity contribution in [1.29, 1.82) is 0 Å². The highest BCUT2D eigenvalue weighted by Crippen LogP contribution is 2.19. The molecule has 1 atom stereocenters. The third-order valence-electron chi connectivity index (χ3n) is 2.93. The zero-order chi connectivity index (χ0) is 13.1. The molecule has 0 aliphatic carbocycles. The number of hydrogen-bond donors (Lipinski definition) is 1. The number of methoxy groups -OCH3 is 1. The van der Waals surface area contributed by atoms with Crippen LogP contribution in [0.1, 0.15) is 44.0 Å². The highest BCUT2D eigenvalue weighted by atomic mass is 16.5. The fourth-order valence-corrected chi connectivity index (χ4v) is 1.24. The first-order valence-electron chi connectivity index (χ1n) is 5.75. The average Bonchev–Trinajstić information content (AvgIpc) is 2.72. The van der Waals surface area contributed by atoms with E-state index in [0.29, 0.717) is 12.6 Å². The maximum Gasteiger partial charge on any atom is 0.373 e. The minimum Gasteiger partial charge on any atom is -0.463 e. The van der Waals surface area contributed by atoms with E-state index < -0.39 is 5.97 Å². The molecule has 0 aromatic carbocycles. The van der Waals surface area contributed by atoms with E-state index in [2.05, 4.69) is 37.7 Å². The van der Waals surface area contributed by atoms with Crippen molar-refractivity contribution in [3.63, 3.8) is 0 Å². The van der Waals surface area contributed by atoms with Gasteiger partial charge in [-0.1, -0.05) is 20.8 Å². The minimum absolute atomic E-state index is 0.192. The molecule has 0 saturated carbocycles. The Bertz CT molecular complexity index is 376. The van der Waals surface area contributed by atoms with Gasteiger partial charge >= 0.3 is 5.97 Å². The maximum absolute atomic E-state index is 11.2. The second-order valence-corrected chi connectivity index (χ2v) is 5.23. The molecule has 4 nitrogen and oxygen atoms in total. The molecular formula is C13H21NO3. The molecule has 0 amide bonds. The third-order valence-corrected chi connectivity index (χ3v) is 2.93. The summed E-state index contributed by atoms with van der Waals surface area (Å²) in [4.78, 5) is 11.2. The maximum atomic E-state index is 11.2. The van der Waals surface area contributed by atoms with Crippen molar-refractivity contribution in [2.24, 2.45) is 5.41 Å². The molecule has 0 bridgehead atoms. The van der Waals surface area contributed by atoms with Gasteiger partial charge in [-0.25, -0.2) is 4.79 Å². The predicted octanol–water partition coefficient (Wildman–Crippen LogP) is 2.59. The summed E-state index contributed by atoms with van der Waals surface area (Å²) < 4.78 is 9.94. The van der Waals surface area contributed by atoms with E-state index >= 15 is 0 Å². The lowest BCUT2D eigenvalue weighted by molar-refractivity contribution is 0.0562. The monoisotopic (exact) mass is 239 g/mol. The summed E-state index contributed by atoms with van der Waals surface area (Å²) in [5, 5.41) is 3.36. The van der Waals surface area contributed by atoms with Gasteiger partial charge in [0, 0.05) is 6.04 Å². The average molecular weight is 239 g/mol. The van der Waals surface area contributed by atoms with Gasteiger partial charge in [0.25, 0.3) is 0 Å². The van der Waals surface area contributed by atoms with Crippen LogP contribution in [0.4, 0.5) is 0 Å². The lowest BCUT2D eigenvalue weighted by Crippen LogP contribution is -2.37. The van der Waals surface area contributed by atoms with E-state index in [1.165, 1.54) is 7.11 Å². The second kappa shape index (κ2) is 5.36. The van der Waals surface area contributed by atoms with Crippen LogP contribution in [0, 0.1) is 5.41 Å². The molecule has 0 saturated heterocycles. The van der Waals surface area contributed by atoms with Crippen LogP contribution in [0.5, 0.6) is 0 Å². The zero-order valence-corrected chi connectivity index (χ0v) is 11.2. The molecule has 96 valence electrons. The summed E-state index contributed by atoms with van der Waals surface area (Å²) in [6, 6.07) is 3.77. The van der Waals surface area contributed by atoms with Gasteiger partial charge < -0.3 is 14.5 Å². The summed E-state index contributed by atoms with van der Waals surface area (Å²) >= 11 is 0. The Morgan fingerprint density at radius 3 is 2.65 bits per heavy atom. The van der Waals surface area contributed by atoms with Crippen molar-refractivity contribution in [3.8, 4) is 0 Å². The highest BCUT2D eigenvalue weighted by molar-refractivity contribution is 5.86. The second-order valence-electron chi connectivity index (χ2n) is 5.23. The fraction of sp³-hybridized carbons (Fsp3) is 0.615. The first kappa shape index (κ1) is 13.8. The zero-order valence-electron chi connectivity index (χ0n) is 11.2. The van der Waals surface area contributed by atoms with Crippen LogP contribution in [-0.2, 0) is 11.3 Å². The van der Waals surface area contributed by atoms with E-state index in [4.69, 9.17) is 4.42 Å². The van der Waals surface area contributed by atoms with Crippen molar-refractivity contribution in [2.75, 3.05) is 7.11 Å². The number of rotatable bonds is 4. The fourth-order valence-electron chi connectivity index (χ4n) is 1.24. The molecule has 1 heterocycles. The van der Waals surface area contributed by atoms with E-state index in [-0.39, 0.29) is 11.2 Å². The number of nitrogens with one attached hydrogen (secondary N) is 1. The standard InChI is InChI=1S/C13H21NO3/c1-9(13(2,3)4)14-8-10-6-7-11(17-10)12(15)16-5/h6-7,9,14H,8H2,1-5H3.